The van der Waals surface area contributed by atoms with Crippen molar-refractivity contribution in [3.63, 3.8) is 0 Å². The number of hydrogen-bond donors (Lipinski definition) is 1. The first-order chi connectivity index (χ1) is 17.3. The summed E-state index contributed by atoms with van der Waals surface area (Å²) in [6.45, 7) is 0. The minimum absolute atomic E-state index is 0.117. The lowest BCUT2D eigenvalue weighted by Crippen LogP contribution is -2.28. The van der Waals surface area contributed by atoms with Gasteiger partial charge in [0.25, 0.3) is 0 Å². The quantitative estimate of drug-likeness (QED) is 0.371. The van der Waals surface area contributed by atoms with Crippen LogP contribution in [0.5, 0.6) is 11.5 Å². The lowest BCUT2D eigenvalue weighted by atomic mass is 10.0. The molecule has 7 nitrogen and oxygen atoms in total. The summed E-state index contributed by atoms with van der Waals surface area (Å²) < 4.78 is 36.3. The van der Waals surface area contributed by atoms with Gasteiger partial charge in [-0.2, -0.15) is 0 Å². The maximum Gasteiger partial charge on any atom is 0.586 e. The van der Waals surface area contributed by atoms with Crippen LogP contribution >= 0.6 is 0 Å². The molecule has 1 fully saturated rings. The molecule has 9 heteroatoms. The third-order valence-corrected chi connectivity index (χ3v) is 6.15. The fourth-order valence-corrected chi connectivity index (χ4v) is 4.25. The molecule has 6 rings (SSSR count). The van der Waals surface area contributed by atoms with Crippen LogP contribution in [-0.4, -0.2) is 28.3 Å². The van der Waals surface area contributed by atoms with Crippen molar-refractivity contribution in [2.75, 3.05) is 4.90 Å². The average molecular weight is 488 g/mol. The summed E-state index contributed by atoms with van der Waals surface area (Å²) in [5.41, 5.74) is 1.69. The molecule has 1 aliphatic heterocycles. The number of benzene rings is 3. The molecular weight excluding hydrogens is 470 g/mol. The smallest absolute Gasteiger partial charge is 0.478 e. The van der Waals surface area contributed by atoms with Crippen molar-refractivity contribution < 1.29 is 33.0 Å². The number of pyridine rings is 1. The van der Waals surface area contributed by atoms with E-state index in [1.165, 1.54) is 35.2 Å². The topological polar surface area (TPSA) is 89.0 Å². The van der Waals surface area contributed by atoms with E-state index in [4.69, 9.17) is 4.98 Å². The first kappa shape index (κ1) is 22.0. The summed E-state index contributed by atoms with van der Waals surface area (Å²) in [6.07, 6.45) is -2.31. The van der Waals surface area contributed by atoms with Crippen molar-refractivity contribution in [3.8, 4) is 22.8 Å². The van der Waals surface area contributed by atoms with Crippen LogP contribution in [0, 0.1) is 5.92 Å². The molecule has 2 heterocycles. The molecule has 0 spiro atoms. The van der Waals surface area contributed by atoms with Crippen LogP contribution in [0.25, 0.3) is 22.0 Å². The maximum absolute atomic E-state index is 13.6. The Kier molecular flexibility index (Phi) is 4.89. The number of hydrogen-bond acceptors (Lipinski definition) is 5. The highest BCUT2D eigenvalue weighted by molar-refractivity contribution is 6.05. The minimum Gasteiger partial charge on any atom is -0.478 e. The molecule has 0 bridgehead atoms. The normalized spacial score (nSPS) is 15.6. The molecule has 1 aromatic heterocycles. The number of alkyl halides is 2. The molecule has 1 amide bonds. The highest BCUT2D eigenvalue weighted by Gasteiger charge is 2.44. The summed E-state index contributed by atoms with van der Waals surface area (Å²) in [5.74, 6) is -1.40. The van der Waals surface area contributed by atoms with E-state index in [0.29, 0.717) is 22.8 Å². The molecule has 2 aliphatic rings. The van der Waals surface area contributed by atoms with Gasteiger partial charge in [-0.1, -0.05) is 36.4 Å². The number of amides is 1. The van der Waals surface area contributed by atoms with E-state index in [1.54, 1.807) is 18.2 Å². The Bertz CT molecular complexity index is 1530. The summed E-state index contributed by atoms with van der Waals surface area (Å²) in [4.78, 5) is 31.0. The fraction of sp³-hybridized carbons (Fsp3) is 0.148. The molecule has 1 saturated carbocycles. The first-order valence-electron chi connectivity index (χ1n) is 11.3. The van der Waals surface area contributed by atoms with E-state index in [0.717, 1.165) is 23.6 Å². The second kappa shape index (κ2) is 8.01. The van der Waals surface area contributed by atoms with Crippen molar-refractivity contribution in [1.29, 1.82) is 0 Å². The first-order valence-corrected chi connectivity index (χ1v) is 11.3. The van der Waals surface area contributed by atoms with Crippen molar-refractivity contribution in [2.45, 2.75) is 19.1 Å². The molecule has 3 aromatic carbocycles. The molecular formula is C27H18F2N2O5. The van der Waals surface area contributed by atoms with E-state index >= 15 is 0 Å². The number of aromatic carboxylic acids is 1. The van der Waals surface area contributed by atoms with E-state index in [1.807, 2.05) is 24.3 Å². The van der Waals surface area contributed by atoms with E-state index in [2.05, 4.69) is 9.47 Å². The lowest BCUT2D eigenvalue weighted by Gasteiger charge is -2.23. The van der Waals surface area contributed by atoms with Gasteiger partial charge in [-0.3, -0.25) is 9.69 Å². The maximum atomic E-state index is 13.6. The monoisotopic (exact) mass is 488 g/mol. The average Bonchev–Trinajstić information content (AvgIpc) is 3.66. The highest BCUT2D eigenvalue weighted by atomic mass is 19.3. The molecule has 36 heavy (non-hydrogen) atoms. The lowest BCUT2D eigenvalue weighted by molar-refractivity contribution is -0.286. The van der Waals surface area contributed by atoms with E-state index < -0.39 is 12.3 Å². The van der Waals surface area contributed by atoms with Crippen LogP contribution in [0.15, 0.2) is 72.8 Å². The number of carboxylic acids is 1. The van der Waals surface area contributed by atoms with Gasteiger partial charge in [0, 0.05) is 22.9 Å². The number of anilines is 2. The molecule has 4 aromatic rings. The fourth-order valence-electron chi connectivity index (χ4n) is 4.25. The number of nitrogens with zero attached hydrogens (tertiary/aromatic N) is 2. The van der Waals surface area contributed by atoms with Gasteiger partial charge in [0.2, 0.25) is 5.91 Å². The van der Waals surface area contributed by atoms with Gasteiger partial charge < -0.3 is 14.6 Å². The zero-order valence-corrected chi connectivity index (χ0v) is 18.7. The van der Waals surface area contributed by atoms with Crippen LogP contribution in [0.3, 0.4) is 0 Å². The summed E-state index contributed by atoms with van der Waals surface area (Å²) >= 11 is 0. The number of carboxylic acid groups (broad SMARTS) is 1. The third kappa shape index (κ3) is 3.88. The molecule has 0 atom stereocenters. The summed E-state index contributed by atoms with van der Waals surface area (Å²) in [5, 5.41) is 10.9. The van der Waals surface area contributed by atoms with Gasteiger partial charge in [0.05, 0.1) is 16.9 Å². The summed E-state index contributed by atoms with van der Waals surface area (Å²) in [7, 11) is 0. The Morgan fingerprint density at radius 3 is 2.39 bits per heavy atom. The Labute approximate surface area is 203 Å². The Hall–Kier alpha value is -4.53. The van der Waals surface area contributed by atoms with Crippen LogP contribution in [0.2, 0.25) is 0 Å². The second-order valence-electron chi connectivity index (χ2n) is 8.68. The van der Waals surface area contributed by atoms with Crippen molar-refractivity contribution in [3.05, 3.63) is 78.4 Å². The molecule has 1 N–H and O–H groups in total. The standard InChI is InChI=1S/C27H18F2N2O5/c28-27(29)35-21-12-11-19(14-22(21)36-27)31(25(32)16-7-8-16)23-13-18-3-1-2-4-20(18)24(30-23)15-5-9-17(10-6-15)26(33)34/h1-6,9-14,16H,7-8H2,(H,33,34). The number of carbonyl (C=O) groups is 2. The summed E-state index contributed by atoms with van der Waals surface area (Å²) in [6, 6.07) is 19.8. The van der Waals surface area contributed by atoms with Crippen LogP contribution < -0.4 is 14.4 Å². The third-order valence-electron chi connectivity index (χ3n) is 6.15. The minimum atomic E-state index is -3.78. The van der Waals surface area contributed by atoms with Gasteiger partial charge >= 0.3 is 12.3 Å². The van der Waals surface area contributed by atoms with Crippen LogP contribution in [0.1, 0.15) is 23.2 Å². The van der Waals surface area contributed by atoms with Crippen LogP contribution in [-0.2, 0) is 4.79 Å². The molecule has 1 aliphatic carbocycles. The zero-order chi connectivity index (χ0) is 25.0. The van der Waals surface area contributed by atoms with E-state index in [9.17, 15) is 23.5 Å². The number of halogens is 2. The Morgan fingerprint density at radius 1 is 0.944 bits per heavy atom. The van der Waals surface area contributed by atoms with Crippen molar-refractivity contribution in [2.24, 2.45) is 5.92 Å². The predicted molar refractivity (Wildman–Crippen MR) is 127 cm³/mol. The Morgan fingerprint density at radius 2 is 1.67 bits per heavy atom. The molecule has 0 radical (unpaired) electrons. The predicted octanol–water partition coefficient (Wildman–Crippen LogP) is 6.00. The van der Waals surface area contributed by atoms with Gasteiger partial charge in [-0.15, -0.1) is 8.78 Å². The second-order valence-corrected chi connectivity index (χ2v) is 8.68. The number of aromatic nitrogens is 1. The number of ether oxygens (including phenoxy) is 2. The van der Waals surface area contributed by atoms with Gasteiger partial charge in [0.1, 0.15) is 5.82 Å². The van der Waals surface area contributed by atoms with Gasteiger partial charge in [-0.25, -0.2) is 9.78 Å². The SMILES string of the molecule is O=C(O)c1ccc(-c2nc(N(C(=O)C3CC3)c3ccc4c(c3)OC(F)(F)O4)cc3ccccc23)cc1. The number of fused-ring (bicyclic) bond motifs is 2. The van der Waals surface area contributed by atoms with Crippen molar-refractivity contribution in [1.82, 2.24) is 4.98 Å². The van der Waals surface area contributed by atoms with E-state index in [-0.39, 0.29) is 28.9 Å². The van der Waals surface area contributed by atoms with Crippen molar-refractivity contribution >= 4 is 34.2 Å². The molecule has 0 unspecified atom stereocenters. The molecule has 0 saturated heterocycles. The largest absolute Gasteiger partial charge is 0.586 e. The van der Waals surface area contributed by atoms with Gasteiger partial charge in [0.15, 0.2) is 11.5 Å². The highest BCUT2D eigenvalue weighted by Crippen LogP contribution is 2.45. The van der Waals surface area contributed by atoms with Gasteiger partial charge in [-0.05, 0) is 48.6 Å². The number of carbonyl (C=O) groups excluding carboxylic acids is 1. The number of rotatable bonds is 5. The molecule has 180 valence electrons. The zero-order valence-electron chi connectivity index (χ0n) is 18.7. The Balaban J connectivity index is 1.51. The van der Waals surface area contributed by atoms with Crippen LogP contribution in [0.4, 0.5) is 20.3 Å².